The molecule has 19 heavy (non-hydrogen) atoms. The van der Waals surface area contributed by atoms with E-state index in [0.717, 1.165) is 22.4 Å². The van der Waals surface area contributed by atoms with Gasteiger partial charge in [0.2, 0.25) is 0 Å². The first-order chi connectivity index (χ1) is 9.15. The first-order valence-corrected chi connectivity index (χ1v) is 6.11. The van der Waals surface area contributed by atoms with E-state index in [0.29, 0.717) is 12.2 Å². The Kier molecular flexibility index (Phi) is 2.71. The number of aryl methyl sites for hydroxylation is 1. The van der Waals surface area contributed by atoms with Gasteiger partial charge in [-0.1, -0.05) is 12.1 Å². The zero-order valence-corrected chi connectivity index (χ0v) is 10.6. The van der Waals surface area contributed by atoms with Crippen molar-refractivity contribution < 1.29 is 4.39 Å². The molecule has 3 aromatic rings. The molecule has 1 aromatic heterocycles. The van der Waals surface area contributed by atoms with Crippen LogP contribution in [0, 0.1) is 12.7 Å². The van der Waals surface area contributed by atoms with Crippen molar-refractivity contribution in [3.05, 3.63) is 59.7 Å². The van der Waals surface area contributed by atoms with Crippen LogP contribution in [0.5, 0.6) is 0 Å². The first-order valence-electron chi connectivity index (χ1n) is 6.11. The summed E-state index contributed by atoms with van der Waals surface area (Å²) in [6.07, 6.45) is 0. The normalized spacial score (nSPS) is 11.1. The van der Waals surface area contributed by atoms with Crippen LogP contribution in [0.15, 0.2) is 42.5 Å². The van der Waals surface area contributed by atoms with Gasteiger partial charge in [0.05, 0.1) is 17.6 Å². The predicted molar refractivity (Wildman–Crippen MR) is 74.4 cm³/mol. The number of nitrogen functional groups attached to an aromatic ring is 1. The van der Waals surface area contributed by atoms with Gasteiger partial charge in [0.25, 0.3) is 0 Å². The average Bonchev–Trinajstić information content (AvgIpc) is 2.71. The molecular formula is C15H14FN3. The summed E-state index contributed by atoms with van der Waals surface area (Å²) >= 11 is 0. The van der Waals surface area contributed by atoms with E-state index < -0.39 is 0 Å². The Balaban J connectivity index is 2.10. The molecule has 0 saturated carbocycles. The van der Waals surface area contributed by atoms with Crippen molar-refractivity contribution in [2.75, 3.05) is 5.73 Å². The van der Waals surface area contributed by atoms with Crippen LogP contribution in [0.1, 0.15) is 11.4 Å². The molecule has 3 nitrogen and oxygen atoms in total. The van der Waals surface area contributed by atoms with E-state index in [1.54, 1.807) is 6.07 Å². The van der Waals surface area contributed by atoms with Gasteiger partial charge >= 0.3 is 0 Å². The molecule has 96 valence electrons. The van der Waals surface area contributed by atoms with Crippen molar-refractivity contribution in [3.63, 3.8) is 0 Å². The second-order valence-electron chi connectivity index (χ2n) is 4.58. The van der Waals surface area contributed by atoms with Crippen molar-refractivity contribution in [2.45, 2.75) is 13.5 Å². The van der Waals surface area contributed by atoms with E-state index in [1.807, 2.05) is 35.8 Å². The third-order valence-electron chi connectivity index (χ3n) is 3.28. The fourth-order valence-corrected chi connectivity index (χ4v) is 2.28. The maximum Gasteiger partial charge on any atom is 0.123 e. The Morgan fingerprint density at radius 3 is 2.84 bits per heavy atom. The molecule has 4 heteroatoms. The molecular weight excluding hydrogens is 241 g/mol. The van der Waals surface area contributed by atoms with Crippen molar-refractivity contribution >= 4 is 16.7 Å². The summed E-state index contributed by atoms with van der Waals surface area (Å²) in [6.45, 7) is 2.46. The highest BCUT2D eigenvalue weighted by Gasteiger charge is 2.09. The molecule has 0 amide bonds. The fraction of sp³-hybridized carbons (Fsp3) is 0.133. The first kappa shape index (κ1) is 11.7. The van der Waals surface area contributed by atoms with Crippen LogP contribution in [0.2, 0.25) is 0 Å². The van der Waals surface area contributed by atoms with Gasteiger partial charge < -0.3 is 10.3 Å². The van der Waals surface area contributed by atoms with Crippen molar-refractivity contribution in [3.8, 4) is 0 Å². The Bertz CT molecular complexity index is 746. The number of nitrogens with zero attached hydrogens (tertiary/aromatic N) is 2. The average molecular weight is 255 g/mol. The standard InChI is InChI=1S/C15H14FN3/c1-10-18-14-4-2-3-5-15(14)19(10)9-11-8-12(16)6-7-13(11)17/h2-8H,9,17H2,1H3. The Morgan fingerprint density at radius 2 is 2.00 bits per heavy atom. The van der Waals surface area contributed by atoms with E-state index in [2.05, 4.69) is 4.98 Å². The molecule has 0 aliphatic rings. The van der Waals surface area contributed by atoms with Gasteiger partial charge in [0.15, 0.2) is 0 Å². The molecule has 0 atom stereocenters. The van der Waals surface area contributed by atoms with Gasteiger partial charge in [-0.25, -0.2) is 9.37 Å². The molecule has 0 radical (unpaired) electrons. The Labute approximate surface area is 110 Å². The zero-order valence-electron chi connectivity index (χ0n) is 10.6. The van der Waals surface area contributed by atoms with Crippen LogP contribution in [0.25, 0.3) is 11.0 Å². The second-order valence-corrected chi connectivity index (χ2v) is 4.58. The van der Waals surface area contributed by atoms with E-state index in [9.17, 15) is 4.39 Å². The number of fused-ring (bicyclic) bond motifs is 1. The minimum Gasteiger partial charge on any atom is -0.398 e. The smallest absolute Gasteiger partial charge is 0.123 e. The number of anilines is 1. The lowest BCUT2D eigenvalue weighted by molar-refractivity contribution is 0.624. The third-order valence-corrected chi connectivity index (χ3v) is 3.28. The summed E-state index contributed by atoms with van der Waals surface area (Å²) in [5.41, 5.74) is 9.24. The summed E-state index contributed by atoms with van der Waals surface area (Å²) in [4.78, 5) is 4.49. The summed E-state index contributed by atoms with van der Waals surface area (Å²) in [7, 11) is 0. The molecule has 3 rings (SSSR count). The Hall–Kier alpha value is -2.36. The van der Waals surface area contributed by atoms with Crippen LogP contribution in [0.3, 0.4) is 0 Å². The van der Waals surface area contributed by atoms with Gasteiger partial charge in [-0.3, -0.25) is 0 Å². The van der Waals surface area contributed by atoms with Gasteiger partial charge in [-0.05, 0) is 42.8 Å². The van der Waals surface area contributed by atoms with Gasteiger partial charge in [0, 0.05) is 5.69 Å². The number of para-hydroxylation sites is 2. The number of aromatic nitrogens is 2. The van der Waals surface area contributed by atoms with Crippen LogP contribution < -0.4 is 5.73 Å². The molecule has 2 N–H and O–H groups in total. The highest BCUT2D eigenvalue weighted by atomic mass is 19.1. The number of rotatable bonds is 2. The molecule has 0 saturated heterocycles. The lowest BCUT2D eigenvalue weighted by Crippen LogP contribution is -2.05. The van der Waals surface area contributed by atoms with Gasteiger partial charge in [-0.2, -0.15) is 0 Å². The summed E-state index contributed by atoms with van der Waals surface area (Å²) in [5.74, 6) is 0.621. The molecule has 0 spiro atoms. The minimum absolute atomic E-state index is 0.272. The van der Waals surface area contributed by atoms with E-state index >= 15 is 0 Å². The molecule has 2 aromatic carbocycles. The predicted octanol–water partition coefficient (Wildman–Crippen LogP) is 3.11. The molecule has 0 unspecified atom stereocenters. The maximum absolute atomic E-state index is 13.3. The summed E-state index contributed by atoms with van der Waals surface area (Å²) < 4.78 is 15.4. The van der Waals surface area contributed by atoms with Gasteiger partial charge in [0.1, 0.15) is 11.6 Å². The largest absolute Gasteiger partial charge is 0.398 e. The minimum atomic E-state index is -0.272. The molecule has 1 heterocycles. The topological polar surface area (TPSA) is 43.8 Å². The van der Waals surface area contributed by atoms with E-state index in [1.165, 1.54) is 12.1 Å². The quantitative estimate of drug-likeness (QED) is 0.715. The number of hydrogen-bond acceptors (Lipinski definition) is 2. The van der Waals surface area contributed by atoms with Crippen LogP contribution in [-0.4, -0.2) is 9.55 Å². The van der Waals surface area contributed by atoms with Crippen molar-refractivity contribution in [1.29, 1.82) is 0 Å². The molecule has 0 fully saturated rings. The lowest BCUT2D eigenvalue weighted by Gasteiger charge is -2.09. The number of nitrogens with two attached hydrogens (primary N) is 1. The highest BCUT2D eigenvalue weighted by Crippen LogP contribution is 2.20. The third kappa shape index (κ3) is 2.05. The SMILES string of the molecule is Cc1nc2ccccc2n1Cc1cc(F)ccc1N. The highest BCUT2D eigenvalue weighted by molar-refractivity contribution is 5.76. The lowest BCUT2D eigenvalue weighted by atomic mass is 10.1. The second kappa shape index (κ2) is 4.39. The van der Waals surface area contributed by atoms with Crippen LogP contribution in [0.4, 0.5) is 10.1 Å². The van der Waals surface area contributed by atoms with Crippen LogP contribution in [-0.2, 0) is 6.54 Å². The summed E-state index contributed by atoms with van der Waals surface area (Å²) in [5, 5.41) is 0. The Morgan fingerprint density at radius 1 is 1.21 bits per heavy atom. The van der Waals surface area contributed by atoms with Gasteiger partial charge in [-0.15, -0.1) is 0 Å². The fourth-order valence-electron chi connectivity index (χ4n) is 2.28. The van der Waals surface area contributed by atoms with E-state index in [4.69, 9.17) is 5.73 Å². The summed E-state index contributed by atoms with van der Waals surface area (Å²) in [6, 6.07) is 12.3. The van der Waals surface area contributed by atoms with Crippen molar-refractivity contribution in [2.24, 2.45) is 0 Å². The maximum atomic E-state index is 13.3. The number of benzene rings is 2. The van der Waals surface area contributed by atoms with Crippen molar-refractivity contribution in [1.82, 2.24) is 9.55 Å². The number of halogens is 1. The monoisotopic (exact) mass is 255 g/mol. The molecule has 0 bridgehead atoms. The van der Waals surface area contributed by atoms with E-state index in [-0.39, 0.29) is 5.82 Å². The molecule has 0 aliphatic heterocycles. The molecule has 0 aliphatic carbocycles. The zero-order chi connectivity index (χ0) is 13.4. The van der Waals surface area contributed by atoms with Crippen LogP contribution >= 0.6 is 0 Å². The number of hydrogen-bond donors (Lipinski definition) is 1. The number of imidazole rings is 1.